The molecule has 2 rings (SSSR count). The summed E-state index contributed by atoms with van der Waals surface area (Å²) in [6.07, 6.45) is -2.75. The first kappa shape index (κ1) is 12.4. The van der Waals surface area contributed by atoms with Crippen molar-refractivity contribution < 1.29 is 13.9 Å². The van der Waals surface area contributed by atoms with Gasteiger partial charge >= 0.3 is 0 Å². The Bertz CT molecular complexity index is 611. The van der Waals surface area contributed by atoms with Crippen LogP contribution < -0.4 is 11.3 Å². The Balaban J connectivity index is 2.38. The van der Waals surface area contributed by atoms with Gasteiger partial charge in [0.2, 0.25) is 5.95 Å². The number of nitrogen functional groups attached to an aromatic ring is 1. The summed E-state index contributed by atoms with van der Waals surface area (Å²) in [6.45, 7) is -1.32. The lowest BCUT2D eigenvalue weighted by molar-refractivity contribution is 0.0884. The van der Waals surface area contributed by atoms with E-state index in [2.05, 4.69) is 15.0 Å². The monoisotopic (exact) mass is 259 g/mol. The number of H-pyrrole nitrogens is 1. The first-order valence-electron chi connectivity index (χ1n) is 5.12. The van der Waals surface area contributed by atoms with Crippen LogP contribution >= 0.6 is 0 Å². The second-order valence-electron chi connectivity index (χ2n) is 3.73. The highest BCUT2D eigenvalue weighted by atomic mass is 19.2. The number of hydrogen-bond acceptors (Lipinski definition) is 5. The molecule has 0 aliphatic rings. The van der Waals surface area contributed by atoms with E-state index in [1.54, 1.807) is 0 Å². The van der Waals surface area contributed by atoms with Crippen LogP contribution in [0.2, 0.25) is 0 Å². The number of nitrogens with zero attached hydrogens (tertiary/aromatic N) is 3. The molecule has 0 aliphatic heterocycles. The summed E-state index contributed by atoms with van der Waals surface area (Å²) in [5.74, 6) is -0.136. The molecular weight excluding hydrogens is 248 g/mol. The summed E-state index contributed by atoms with van der Waals surface area (Å²) in [7, 11) is 0. The highest BCUT2D eigenvalue weighted by Gasteiger charge is 2.21. The van der Waals surface area contributed by atoms with Crippen molar-refractivity contribution in [3.63, 3.8) is 0 Å². The Morgan fingerprint density at radius 2 is 2.22 bits per heavy atom. The minimum absolute atomic E-state index is 0.00388. The van der Waals surface area contributed by atoms with E-state index in [1.165, 1.54) is 10.9 Å². The third kappa shape index (κ3) is 2.16. The van der Waals surface area contributed by atoms with Crippen molar-refractivity contribution in [1.29, 1.82) is 0 Å². The van der Waals surface area contributed by atoms with Crippen molar-refractivity contribution in [2.45, 2.75) is 18.9 Å². The fraction of sp³-hybridized carbons (Fsp3) is 0.444. The first-order chi connectivity index (χ1) is 8.52. The van der Waals surface area contributed by atoms with Gasteiger partial charge < -0.3 is 15.4 Å². The number of aliphatic hydroxyl groups excluding tert-OH is 1. The maximum Gasteiger partial charge on any atom is 0.280 e. The van der Waals surface area contributed by atoms with Gasteiger partial charge in [-0.1, -0.05) is 0 Å². The van der Waals surface area contributed by atoms with Crippen molar-refractivity contribution in [1.82, 2.24) is 19.5 Å². The van der Waals surface area contributed by atoms with Gasteiger partial charge in [-0.25, -0.2) is 13.8 Å². The quantitative estimate of drug-likeness (QED) is 0.677. The third-order valence-corrected chi connectivity index (χ3v) is 2.43. The lowest BCUT2D eigenvalue weighted by Crippen LogP contribution is -2.26. The fourth-order valence-corrected chi connectivity index (χ4v) is 1.52. The van der Waals surface area contributed by atoms with Crippen LogP contribution in [0.4, 0.5) is 14.7 Å². The van der Waals surface area contributed by atoms with Gasteiger partial charge in [-0.15, -0.1) is 0 Å². The standard InChI is InChI=1S/C9H11F2N5O2/c10-4(5(11)2-17)1-16-3-13-6-7(16)14-9(12)15-8(6)18/h3-5,17H,1-2H2,(H3,12,14,15,18)/t4-,5+/m1/s1. The smallest absolute Gasteiger partial charge is 0.280 e. The zero-order chi connectivity index (χ0) is 13.3. The van der Waals surface area contributed by atoms with Crippen molar-refractivity contribution >= 4 is 17.1 Å². The average molecular weight is 259 g/mol. The lowest BCUT2D eigenvalue weighted by Gasteiger charge is -2.11. The van der Waals surface area contributed by atoms with Crippen LogP contribution in [-0.4, -0.2) is 43.6 Å². The molecule has 98 valence electrons. The third-order valence-electron chi connectivity index (χ3n) is 2.43. The SMILES string of the molecule is Nc1nc2c(ncn2C[C@@H](F)[C@@H](F)CO)c(=O)[nH]1. The molecular formula is C9H11F2N5O2. The van der Waals surface area contributed by atoms with E-state index in [1.807, 2.05) is 0 Å². The summed E-state index contributed by atoms with van der Waals surface area (Å²) < 4.78 is 27.4. The molecule has 0 saturated heterocycles. The molecule has 0 saturated carbocycles. The predicted molar refractivity (Wildman–Crippen MR) is 59.4 cm³/mol. The van der Waals surface area contributed by atoms with E-state index in [4.69, 9.17) is 10.8 Å². The number of nitrogens with two attached hydrogens (primary N) is 1. The summed E-state index contributed by atoms with van der Waals surface area (Å²) in [5.41, 5.74) is 4.87. The van der Waals surface area contributed by atoms with Crippen LogP contribution in [0, 0.1) is 0 Å². The molecule has 0 aromatic carbocycles. The summed E-state index contributed by atoms with van der Waals surface area (Å²) in [6, 6.07) is 0. The van der Waals surface area contributed by atoms with Gasteiger partial charge in [-0.05, 0) is 0 Å². The van der Waals surface area contributed by atoms with Crippen LogP contribution in [0.5, 0.6) is 0 Å². The number of anilines is 1. The molecule has 18 heavy (non-hydrogen) atoms. The van der Waals surface area contributed by atoms with E-state index in [-0.39, 0.29) is 17.1 Å². The molecule has 0 spiro atoms. The summed E-state index contributed by atoms with van der Waals surface area (Å²) in [5, 5.41) is 8.50. The normalized spacial score (nSPS) is 14.8. The number of alkyl halides is 2. The number of hydrogen-bond donors (Lipinski definition) is 3. The Morgan fingerprint density at radius 1 is 1.50 bits per heavy atom. The molecule has 2 heterocycles. The molecule has 0 unspecified atom stereocenters. The van der Waals surface area contributed by atoms with Gasteiger partial charge in [0.05, 0.1) is 19.5 Å². The fourth-order valence-electron chi connectivity index (χ4n) is 1.52. The molecule has 2 aromatic rings. The van der Waals surface area contributed by atoms with Gasteiger partial charge in [-0.3, -0.25) is 9.78 Å². The van der Waals surface area contributed by atoms with Crippen molar-refractivity contribution in [2.75, 3.05) is 12.3 Å². The highest BCUT2D eigenvalue weighted by Crippen LogP contribution is 2.11. The Morgan fingerprint density at radius 3 is 2.89 bits per heavy atom. The topological polar surface area (TPSA) is 110 Å². The molecule has 0 aliphatic carbocycles. The number of rotatable bonds is 4. The van der Waals surface area contributed by atoms with Gasteiger partial charge in [-0.2, -0.15) is 4.98 Å². The van der Waals surface area contributed by atoms with Gasteiger partial charge in [0.15, 0.2) is 23.5 Å². The van der Waals surface area contributed by atoms with Crippen molar-refractivity contribution in [2.24, 2.45) is 0 Å². The molecule has 0 radical (unpaired) electrons. The number of nitrogens with one attached hydrogen (secondary N) is 1. The predicted octanol–water partition coefficient (Wildman–Crippen LogP) is -0.630. The largest absolute Gasteiger partial charge is 0.393 e. The molecule has 2 atom stereocenters. The minimum atomic E-state index is -2.00. The van der Waals surface area contributed by atoms with Crippen LogP contribution in [0.25, 0.3) is 11.2 Å². The zero-order valence-corrected chi connectivity index (χ0v) is 9.18. The molecule has 9 heteroatoms. The van der Waals surface area contributed by atoms with E-state index < -0.39 is 31.1 Å². The number of fused-ring (bicyclic) bond motifs is 1. The number of halogens is 2. The van der Waals surface area contributed by atoms with Crippen LogP contribution in [0.1, 0.15) is 0 Å². The van der Waals surface area contributed by atoms with E-state index in [0.717, 1.165) is 0 Å². The lowest BCUT2D eigenvalue weighted by atomic mass is 10.2. The van der Waals surface area contributed by atoms with Gasteiger partial charge in [0, 0.05) is 0 Å². The second-order valence-corrected chi connectivity index (χ2v) is 3.73. The molecule has 0 bridgehead atoms. The number of aliphatic hydroxyl groups is 1. The summed E-state index contributed by atoms with van der Waals surface area (Å²) >= 11 is 0. The van der Waals surface area contributed by atoms with Gasteiger partial charge in [0.25, 0.3) is 5.56 Å². The number of aromatic amines is 1. The first-order valence-corrected chi connectivity index (χ1v) is 5.12. The minimum Gasteiger partial charge on any atom is -0.393 e. The van der Waals surface area contributed by atoms with Crippen LogP contribution in [0.15, 0.2) is 11.1 Å². The maximum atomic E-state index is 13.4. The molecule has 7 nitrogen and oxygen atoms in total. The zero-order valence-electron chi connectivity index (χ0n) is 9.18. The molecule has 0 fully saturated rings. The number of aromatic nitrogens is 4. The average Bonchev–Trinajstić information content (AvgIpc) is 2.71. The summed E-state index contributed by atoms with van der Waals surface area (Å²) in [4.78, 5) is 21.2. The number of imidazole rings is 1. The maximum absolute atomic E-state index is 13.4. The van der Waals surface area contributed by atoms with Crippen LogP contribution in [0.3, 0.4) is 0 Å². The van der Waals surface area contributed by atoms with Crippen molar-refractivity contribution in [3.05, 3.63) is 16.7 Å². The van der Waals surface area contributed by atoms with E-state index in [9.17, 15) is 13.6 Å². The molecule has 2 aromatic heterocycles. The van der Waals surface area contributed by atoms with E-state index >= 15 is 0 Å². The Hall–Kier alpha value is -2.03. The molecule has 0 amide bonds. The molecule has 4 N–H and O–H groups in total. The Kier molecular flexibility index (Phi) is 3.24. The second kappa shape index (κ2) is 4.69. The van der Waals surface area contributed by atoms with E-state index in [0.29, 0.717) is 0 Å². The highest BCUT2D eigenvalue weighted by molar-refractivity contribution is 5.70. The van der Waals surface area contributed by atoms with Crippen LogP contribution in [-0.2, 0) is 6.54 Å². The van der Waals surface area contributed by atoms with Crippen molar-refractivity contribution in [3.8, 4) is 0 Å². The Labute approximate surface area is 99.3 Å². The van der Waals surface area contributed by atoms with Gasteiger partial charge in [0.1, 0.15) is 0 Å².